The second-order valence-electron chi connectivity index (χ2n) is 12.6. The molecule has 2 aromatic carbocycles. The van der Waals surface area contributed by atoms with Gasteiger partial charge in [0.2, 0.25) is 5.91 Å². The SMILES string of the molecule is CC#Cc1cc(-c2c(C)ccc(F)c2C)c(F)c([C@H](CC(=O)O)NC(=O)[C@@H](CC(C)C)n2cc(CCN(C)C)c(C(F)(F)F)cc2=O)c1F. The van der Waals surface area contributed by atoms with Gasteiger partial charge < -0.3 is 19.9 Å². The van der Waals surface area contributed by atoms with Gasteiger partial charge in [-0.1, -0.05) is 25.8 Å². The van der Waals surface area contributed by atoms with Crippen LogP contribution in [0.1, 0.15) is 79.1 Å². The van der Waals surface area contributed by atoms with Gasteiger partial charge in [0.25, 0.3) is 5.56 Å². The van der Waals surface area contributed by atoms with Crippen LogP contribution >= 0.6 is 0 Å². The first-order chi connectivity index (χ1) is 22.8. The van der Waals surface area contributed by atoms with Crippen LogP contribution in [0.15, 0.2) is 35.3 Å². The summed E-state index contributed by atoms with van der Waals surface area (Å²) in [5.41, 5.74) is -3.49. The molecule has 2 atom stereocenters. The van der Waals surface area contributed by atoms with Crippen LogP contribution in [0.4, 0.5) is 26.3 Å². The van der Waals surface area contributed by atoms with Crippen molar-refractivity contribution < 1.29 is 41.0 Å². The van der Waals surface area contributed by atoms with Crippen molar-refractivity contribution in [2.45, 2.75) is 72.1 Å². The fourth-order valence-electron chi connectivity index (χ4n) is 5.71. The monoisotopic (exact) mass is 691 g/mol. The number of carbonyl (C=O) groups is 2. The van der Waals surface area contributed by atoms with E-state index in [1.165, 1.54) is 26.0 Å². The largest absolute Gasteiger partial charge is 0.481 e. The van der Waals surface area contributed by atoms with E-state index in [-0.39, 0.29) is 53.1 Å². The fourth-order valence-corrected chi connectivity index (χ4v) is 5.71. The summed E-state index contributed by atoms with van der Waals surface area (Å²) in [6, 6.07) is 0.707. The van der Waals surface area contributed by atoms with Crippen LogP contribution < -0.4 is 10.9 Å². The number of amides is 1. The number of carboxylic acids is 1. The number of pyridine rings is 1. The van der Waals surface area contributed by atoms with Crippen molar-refractivity contribution in [2.75, 3.05) is 20.6 Å². The zero-order chi connectivity index (χ0) is 37.0. The van der Waals surface area contributed by atoms with Crippen LogP contribution in [0.2, 0.25) is 0 Å². The molecule has 264 valence electrons. The third kappa shape index (κ3) is 9.12. The van der Waals surface area contributed by atoms with Crippen molar-refractivity contribution in [1.82, 2.24) is 14.8 Å². The number of hydrogen-bond donors (Lipinski definition) is 2. The lowest BCUT2D eigenvalue weighted by molar-refractivity contribution is -0.139. The molecule has 49 heavy (non-hydrogen) atoms. The Hall–Kier alpha value is -4.57. The van der Waals surface area contributed by atoms with Crippen LogP contribution in [-0.2, 0) is 22.2 Å². The molecule has 13 heteroatoms. The van der Waals surface area contributed by atoms with Gasteiger partial charge in [-0.2, -0.15) is 13.2 Å². The molecule has 0 saturated heterocycles. The van der Waals surface area contributed by atoms with E-state index in [2.05, 4.69) is 17.2 Å². The lowest BCUT2D eigenvalue weighted by Gasteiger charge is -2.27. The van der Waals surface area contributed by atoms with Gasteiger partial charge in [0.1, 0.15) is 23.5 Å². The number of carbonyl (C=O) groups excluding carboxylic acids is 1. The van der Waals surface area contributed by atoms with E-state index < -0.39 is 70.7 Å². The Kier molecular flexibility index (Phi) is 12.5. The number of aromatic nitrogens is 1. The minimum atomic E-state index is -4.86. The van der Waals surface area contributed by atoms with E-state index >= 15 is 8.78 Å². The summed E-state index contributed by atoms with van der Waals surface area (Å²) in [7, 11) is 3.31. The predicted octanol–water partition coefficient (Wildman–Crippen LogP) is 6.96. The molecule has 0 aliphatic rings. The van der Waals surface area contributed by atoms with Crippen LogP contribution in [0.3, 0.4) is 0 Å². The molecule has 0 unspecified atom stereocenters. The topological polar surface area (TPSA) is 91.6 Å². The molecule has 0 radical (unpaired) electrons. The molecular weight excluding hydrogens is 652 g/mol. The summed E-state index contributed by atoms with van der Waals surface area (Å²) in [6.45, 7) is 7.94. The molecule has 0 spiro atoms. The van der Waals surface area contributed by atoms with Gasteiger partial charge in [-0.25, -0.2) is 13.2 Å². The van der Waals surface area contributed by atoms with Crippen molar-refractivity contribution in [3.63, 3.8) is 0 Å². The highest BCUT2D eigenvalue weighted by molar-refractivity contribution is 5.82. The van der Waals surface area contributed by atoms with E-state index in [9.17, 15) is 37.1 Å². The highest BCUT2D eigenvalue weighted by Gasteiger charge is 2.36. The van der Waals surface area contributed by atoms with E-state index in [1.54, 1.807) is 39.8 Å². The van der Waals surface area contributed by atoms with Gasteiger partial charge in [0, 0.05) is 29.9 Å². The van der Waals surface area contributed by atoms with Crippen molar-refractivity contribution in [3.8, 4) is 23.0 Å². The molecular formula is C36H39F6N3O4. The van der Waals surface area contributed by atoms with E-state index in [0.717, 1.165) is 16.8 Å². The molecule has 1 heterocycles. The predicted molar refractivity (Wildman–Crippen MR) is 173 cm³/mol. The van der Waals surface area contributed by atoms with Gasteiger partial charge in [-0.15, -0.1) is 5.92 Å². The van der Waals surface area contributed by atoms with Gasteiger partial charge in [0.05, 0.1) is 23.6 Å². The van der Waals surface area contributed by atoms with Crippen molar-refractivity contribution in [3.05, 3.63) is 91.6 Å². The van der Waals surface area contributed by atoms with Gasteiger partial charge in [0.15, 0.2) is 0 Å². The molecule has 0 fully saturated rings. The number of rotatable bonds is 12. The van der Waals surface area contributed by atoms with Gasteiger partial charge >= 0.3 is 12.1 Å². The molecule has 1 amide bonds. The van der Waals surface area contributed by atoms with Gasteiger partial charge in [-0.3, -0.25) is 14.4 Å². The first-order valence-electron chi connectivity index (χ1n) is 15.5. The molecule has 0 bridgehead atoms. The van der Waals surface area contributed by atoms with Crippen LogP contribution in [0.25, 0.3) is 11.1 Å². The Labute approximate surface area is 280 Å². The fraction of sp³-hybridized carbons (Fsp3) is 0.417. The number of likely N-dealkylation sites (N-methyl/N-ethyl adjacent to an activating group) is 1. The maximum Gasteiger partial charge on any atom is 0.416 e. The normalized spacial score (nSPS) is 12.9. The average Bonchev–Trinajstić information content (AvgIpc) is 2.98. The van der Waals surface area contributed by atoms with Crippen LogP contribution in [-0.4, -0.2) is 47.1 Å². The summed E-state index contributed by atoms with van der Waals surface area (Å²) in [4.78, 5) is 40.8. The quantitative estimate of drug-likeness (QED) is 0.158. The second-order valence-corrected chi connectivity index (χ2v) is 12.6. The van der Waals surface area contributed by atoms with E-state index in [0.29, 0.717) is 11.6 Å². The highest BCUT2D eigenvalue weighted by atomic mass is 19.4. The number of hydrogen-bond acceptors (Lipinski definition) is 4. The maximum absolute atomic E-state index is 16.5. The number of nitrogens with one attached hydrogen (secondary N) is 1. The minimum absolute atomic E-state index is 0.0365. The Balaban J connectivity index is 2.27. The molecule has 7 nitrogen and oxygen atoms in total. The Morgan fingerprint density at radius 3 is 2.27 bits per heavy atom. The summed E-state index contributed by atoms with van der Waals surface area (Å²) >= 11 is 0. The summed E-state index contributed by atoms with van der Waals surface area (Å²) in [5.74, 6) is -1.09. The van der Waals surface area contributed by atoms with Crippen molar-refractivity contribution in [2.24, 2.45) is 5.92 Å². The minimum Gasteiger partial charge on any atom is -0.481 e. The molecule has 1 aromatic heterocycles. The summed E-state index contributed by atoms with van der Waals surface area (Å²) in [6.07, 6.45) is -5.14. The second kappa shape index (κ2) is 15.8. The lowest BCUT2D eigenvalue weighted by atomic mass is 9.89. The van der Waals surface area contributed by atoms with E-state index in [1.807, 2.05) is 0 Å². The zero-order valence-corrected chi connectivity index (χ0v) is 28.3. The number of aliphatic carboxylic acids is 1. The third-order valence-corrected chi connectivity index (χ3v) is 8.04. The number of alkyl halides is 3. The molecule has 3 rings (SSSR count). The Morgan fingerprint density at radius 2 is 1.71 bits per heavy atom. The lowest BCUT2D eigenvalue weighted by Crippen LogP contribution is -2.41. The molecule has 3 aromatic rings. The molecule has 0 aliphatic heterocycles. The molecule has 2 N–H and O–H groups in total. The zero-order valence-electron chi connectivity index (χ0n) is 28.3. The number of carboxylic acid groups (broad SMARTS) is 1. The molecule has 0 aliphatic carbocycles. The Bertz CT molecular complexity index is 1850. The smallest absolute Gasteiger partial charge is 0.416 e. The van der Waals surface area contributed by atoms with Gasteiger partial charge in [-0.05, 0) is 88.0 Å². The van der Waals surface area contributed by atoms with Crippen LogP contribution in [0, 0.1) is 49.1 Å². The summed E-state index contributed by atoms with van der Waals surface area (Å²) < 4.78 is 89.9. The third-order valence-electron chi connectivity index (χ3n) is 8.04. The number of aryl methyl sites for hydroxylation is 1. The Morgan fingerprint density at radius 1 is 1.06 bits per heavy atom. The number of halogens is 6. The van der Waals surface area contributed by atoms with E-state index in [4.69, 9.17) is 0 Å². The first-order valence-corrected chi connectivity index (χ1v) is 15.5. The summed E-state index contributed by atoms with van der Waals surface area (Å²) in [5, 5.41) is 12.1. The first kappa shape index (κ1) is 38.9. The highest BCUT2D eigenvalue weighted by Crippen LogP contribution is 2.38. The van der Waals surface area contributed by atoms with Crippen molar-refractivity contribution in [1.29, 1.82) is 0 Å². The average molecular weight is 692 g/mol. The molecule has 0 saturated carbocycles. The van der Waals surface area contributed by atoms with Crippen molar-refractivity contribution >= 4 is 11.9 Å². The number of nitrogens with zero attached hydrogens (tertiary/aromatic N) is 2. The maximum atomic E-state index is 16.5. The number of benzene rings is 2. The van der Waals surface area contributed by atoms with Crippen LogP contribution in [0.5, 0.6) is 0 Å². The standard InChI is InChI=1S/C36H39F6N3O4/c1-8-9-22-15-24(31-20(4)10-11-26(37)21(31)5)34(39)32(33(22)38)27(17-30(47)48)43-35(49)28(14-19(2)3)45-18-23(12-13-44(6)7)25(16-29(45)46)36(40,41)42/h10-11,15-16,18-19,27-28H,12-14,17H2,1-7H3,(H,43,49)(H,47,48)/t27-,28+/m0/s1.